The summed E-state index contributed by atoms with van der Waals surface area (Å²) in [6, 6.07) is 7.85. The topological polar surface area (TPSA) is 67.2 Å². The van der Waals surface area contributed by atoms with Crippen LogP contribution in [-0.2, 0) is 9.53 Å². The van der Waals surface area contributed by atoms with Gasteiger partial charge in [0, 0.05) is 6.42 Å². The first kappa shape index (κ1) is 11.9. The molecular weight excluding hydrogens is 206 g/mol. The molecule has 0 amide bonds. The van der Waals surface area contributed by atoms with Gasteiger partial charge >= 0.3 is 11.9 Å². The summed E-state index contributed by atoms with van der Waals surface area (Å²) in [5.41, 5.74) is 0.722. The van der Waals surface area contributed by atoms with E-state index in [1.54, 1.807) is 0 Å². The molecule has 0 heterocycles. The molecule has 0 fully saturated rings. The molecule has 0 saturated heterocycles. The Labute approximate surface area is 93.5 Å². The lowest BCUT2D eigenvalue weighted by Gasteiger charge is -2.01. The molecule has 4 nitrogen and oxygen atoms in total. The van der Waals surface area contributed by atoms with Gasteiger partial charge in [-0.3, -0.25) is 4.79 Å². The molecule has 0 saturated carbocycles. The summed E-state index contributed by atoms with van der Waals surface area (Å²) in [7, 11) is 0. The van der Waals surface area contributed by atoms with Crippen LogP contribution in [0.25, 0.3) is 0 Å². The van der Waals surface area contributed by atoms with Crippen LogP contribution in [0.1, 0.15) is 35.7 Å². The molecule has 0 N–H and O–H groups in total. The molecule has 0 aliphatic heterocycles. The van der Waals surface area contributed by atoms with Gasteiger partial charge in [0.15, 0.2) is 0 Å². The number of esters is 2. The highest BCUT2D eigenvalue weighted by Crippen LogP contribution is 2.06. The number of benzene rings is 1. The molecule has 0 spiro atoms. The quantitative estimate of drug-likeness (QED) is 0.574. The monoisotopic (exact) mass is 217 g/mol. The zero-order chi connectivity index (χ0) is 12.0. The van der Waals surface area contributed by atoms with E-state index in [2.05, 4.69) is 4.74 Å². The molecule has 1 aromatic rings. The third-order valence-electron chi connectivity index (χ3n) is 1.91. The fourth-order valence-corrected chi connectivity index (χ4v) is 1.10. The molecule has 1 rings (SSSR count). The van der Waals surface area contributed by atoms with Crippen LogP contribution in [0.4, 0.5) is 0 Å². The first-order chi connectivity index (χ1) is 7.67. The number of rotatable bonds is 3. The Morgan fingerprint density at radius 1 is 1.31 bits per heavy atom. The number of hydrogen-bond donors (Lipinski definition) is 0. The van der Waals surface area contributed by atoms with E-state index in [0.29, 0.717) is 12.0 Å². The number of carbonyl (C=O) groups is 2. The number of ether oxygens (including phenoxy) is 1. The predicted molar refractivity (Wildman–Crippen MR) is 56.5 cm³/mol. The van der Waals surface area contributed by atoms with E-state index < -0.39 is 11.9 Å². The van der Waals surface area contributed by atoms with Crippen molar-refractivity contribution < 1.29 is 14.3 Å². The Morgan fingerprint density at radius 3 is 2.44 bits per heavy atom. The van der Waals surface area contributed by atoms with Crippen molar-refractivity contribution >= 4 is 11.9 Å². The van der Waals surface area contributed by atoms with Crippen molar-refractivity contribution in [3.63, 3.8) is 0 Å². The van der Waals surface area contributed by atoms with Crippen LogP contribution in [0.5, 0.6) is 0 Å². The maximum absolute atomic E-state index is 11.4. The van der Waals surface area contributed by atoms with E-state index in [1.807, 2.05) is 13.0 Å². The minimum absolute atomic E-state index is 0.224. The zero-order valence-corrected chi connectivity index (χ0v) is 8.90. The second kappa shape index (κ2) is 5.66. The smallest absolute Gasteiger partial charge is 0.345 e. The van der Waals surface area contributed by atoms with Gasteiger partial charge in [-0.15, -0.1) is 0 Å². The van der Waals surface area contributed by atoms with Crippen LogP contribution >= 0.6 is 0 Å². The number of carbonyl (C=O) groups excluding carboxylic acids is 2. The summed E-state index contributed by atoms with van der Waals surface area (Å²) in [5.74, 6) is -1.21. The Bertz CT molecular complexity index is 429. The molecule has 16 heavy (non-hydrogen) atoms. The van der Waals surface area contributed by atoms with Crippen LogP contribution in [0, 0.1) is 11.3 Å². The van der Waals surface area contributed by atoms with Crippen molar-refractivity contribution in [1.82, 2.24) is 0 Å². The first-order valence-electron chi connectivity index (χ1n) is 4.92. The van der Waals surface area contributed by atoms with Crippen molar-refractivity contribution in [2.24, 2.45) is 0 Å². The highest BCUT2D eigenvalue weighted by Gasteiger charge is 2.11. The van der Waals surface area contributed by atoms with Crippen molar-refractivity contribution in [2.75, 3.05) is 0 Å². The standard InChI is InChI=1S/C12H11NO3/c1-2-3-11(14)16-12(15)10-6-4-9(8-13)5-7-10/h4-7H,2-3H2,1H3. The summed E-state index contributed by atoms with van der Waals surface area (Å²) in [6.07, 6.45) is 0.863. The van der Waals surface area contributed by atoms with E-state index in [-0.39, 0.29) is 12.0 Å². The van der Waals surface area contributed by atoms with Crippen LogP contribution in [0.2, 0.25) is 0 Å². The van der Waals surface area contributed by atoms with E-state index in [9.17, 15) is 9.59 Å². The average molecular weight is 217 g/mol. The fraction of sp³-hybridized carbons (Fsp3) is 0.250. The lowest BCUT2D eigenvalue weighted by atomic mass is 10.1. The molecular formula is C12H11NO3. The second-order valence-electron chi connectivity index (χ2n) is 3.20. The van der Waals surface area contributed by atoms with Gasteiger partial charge < -0.3 is 4.74 Å². The van der Waals surface area contributed by atoms with Crippen molar-refractivity contribution in [3.8, 4) is 6.07 Å². The van der Waals surface area contributed by atoms with Gasteiger partial charge in [0.25, 0.3) is 0 Å². The minimum Gasteiger partial charge on any atom is -0.389 e. The number of nitrogens with zero attached hydrogens (tertiary/aromatic N) is 1. The molecule has 0 radical (unpaired) electrons. The summed E-state index contributed by atoms with van der Waals surface area (Å²) < 4.78 is 4.59. The molecule has 0 aliphatic carbocycles. The second-order valence-corrected chi connectivity index (χ2v) is 3.20. The summed E-state index contributed by atoms with van der Waals surface area (Å²) in [6.45, 7) is 1.83. The Balaban J connectivity index is 2.67. The summed E-state index contributed by atoms with van der Waals surface area (Å²) in [4.78, 5) is 22.5. The van der Waals surface area contributed by atoms with Gasteiger partial charge in [-0.05, 0) is 30.7 Å². The van der Waals surface area contributed by atoms with E-state index in [1.165, 1.54) is 24.3 Å². The lowest BCUT2D eigenvalue weighted by molar-refractivity contribution is -0.137. The molecule has 4 heteroatoms. The Morgan fingerprint density at radius 2 is 1.94 bits per heavy atom. The van der Waals surface area contributed by atoms with Crippen LogP contribution in [0.15, 0.2) is 24.3 Å². The van der Waals surface area contributed by atoms with Crippen LogP contribution in [0.3, 0.4) is 0 Å². The average Bonchev–Trinajstić information content (AvgIpc) is 2.29. The Kier molecular flexibility index (Phi) is 4.22. The van der Waals surface area contributed by atoms with Gasteiger partial charge in [-0.1, -0.05) is 6.92 Å². The Hall–Kier alpha value is -2.15. The third kappa shape index (κ3) is 3.21. The molecule has 82 valence electrons. The molecule has 0 bridgehead atoms. The van der Waals surface area contributed by atoms with Crippen molar-refractivity contribution in [3.05, 3.63) is 35.4 Å². The van der Waals surface area contributed by atoms with Crippen LogP contribution < -0.4 is 0 Å². The third-order valence-corrected chi connectivity index (χ3v) is 1.91. The lowest BCUT2D eigenvalue weighted by Crippen LogP contribution is -2.11. The summed E-state index contributed by atoms with van der Waals surface area (Å²) >= 11 is 0. The van der Waals surface area contributed by atoms with Gasteiger partial charge in [0.1, 0.15) is 0 Å². The molecule has 0 aromatic heterocycles. The normalized spacial score (nSPS) is 9.25. The molecule has 0 atom stereocenters. The number of hydrogen-bond acceptors (Lipinski definition) is 4. The minimum atomic E-state index is -0.678. The molecule has 0 aliphatic rings. The largest absolute Gasteiger partial charge is 0.389 e. The SMILES string of the molecule is CCCC(=O)OC(=O)c1ccc(C#N)cc1. The fourth-order valence-electron chi connectivity index (χ4n) is 1.10. The molecule has 1 aromatic carbocycles. The highest BCUT2D eigenvalue weighted by molar-refractivity contribution is 5.96. The van der Waals surface area contributed by atoms with Crippen molar-refractivity contribution in [1.29, 1.82) is 5.26 Å². The van der Waals surface area contributed by atoms with E-state index in [4.69, 9.17) is 5.26 Å². The van der Waals surface area contributed by atoms with Gasteiger partial charge in [-0.2, -0.15) is 5.26 Å². The van der Waals surface area contributed by atoms with Crippen LogP contribution in [-0.4, -0.2) is 11.9 Å². The first-order valence-corrected chi connectivity index (χ1v) is 4.92. The maximum Gasteiger partial charge on any atom is 0.345 e. The van der Waals surface area contributed by atoms with Gasteiger partial charge in [0.05, 0.1) is 17.2 Å². The zero-order valence-electron chi connectivity index (χ0n) is 8.90. The summed E-state index contributed by atoms with van der Waals surface area (Å²) in [5, 5.41) is 8.56. The maximum atomic E-state index is 11.4. The van der Waals surface area contributed by atoms with Crippen molar-refractivity contribution in [2.45, 2.75) is 19.8 Å². The van der Waals surface area contributed by atoms with E-state index >= 15 is 0 Å². The van der Waals surface area contributed by atoms with Gasteiger partial charge in [0.2, 0.25) is 0 Å². The molecule has 0 unspecified atom stereocenters. The highest BCUT2D eigenvalue weighted by atomic mass is 16.6. The van der Waals surface area contributed by atoms with E-state index in [0.717, 1.165) is 0 Å². The van der Waals surface area contributed by atoms with Gasteiger partial charge in [-0.25, -0.2) is 4.79 Å². The predicted octanol–water partition coefficient (Wildman–Crippen LogP) is 2.04. The number of nitriles is 1.